The second-order valence-corrected chi connectivity index (χ2v) is 9.30. The van der Waals surface area contributed by atoms with Gasteiger partial charge in [-0.2, -0.15) is 4.98 Å². The molecule has 0 bridgehead atoms. The zero-order valence-corrected chi connectivity index (χ0v) is 21.5. The molecular formula is C25H44N7O+. The first-order valence-corrected chi connectivity index (χ1v) is 12.3. The van der Waals surface area contributed by atoms with Crippen LogP contribution in [0, 0.1) is 11.8 Å². The average molecular weight is 459 g/mol. The van der Waals surface area contributed by atoms with Crippen LogP contribution in [0.15, 0.2) is 33.3 Å². The predicted octanol–water partition coefficient (Wildman–Crippen LogP) is 0.947. The lowest BCUT2D eigenvalue weighted by Gasteiger charge is -2.38. The Hall–Kier alpha value is -2.29. The minimum Gasteiger partial charge on any atom is -0.329 e. The van der Waals surface area contributed by atoms with Gasteiger partial charge in [0.2, 0.25) is 0 Å². The Kier molecular flexibility index (Phi) is 9.57. The van der Waals surface area contributed by atoms with Gasteiger partial charge < -0.3 is 20.9 Å². The molecule has 0 fully saturated rings. The molecule has 0 aliphatic carbocycles. The Labute approximate surface area is 198 Å². The van der Waals surface area contributed by atoms with Crippen molar-refractivity contribution in [2.45, 2.75) is 48.1 Å². The van der Waals surface area contributed by atoms with E-state index in [1.807, 2.05) is 0 Å². The number of hydrogen-bond donors (Lipinski definition) is 2. The Morgan fingerprint density at radius 3 is 2.15 bits per heavy atom. The number of fused-ring (bicyclic) bond motifs is 1. The van der Waals surface area contributed by atoms with Crippen molar-refractivity contribution in [2.75, 3.05) is 50.7 Å². The van der Waals surface area contributed by atoms with E-state index in [9.17, 15) is 4.79 Å². The van der Waals surface area contributed by atoms with Gasteiger partial charge in [-0.05, 0) is 26.7 Å². The summed E-state index contributed by atoms with van der Waals surface area (Å²) in [7, 11) is 0. The van der Waals surface area contributed by atoms with Gasteiger partial charge in [0.15, 0.2) is 5.82 Å². The van der Waals surface area contributed by atoms with Crippen LogP contribution in [-0.4, -0.2) is 59.8 Å². The molecule has 2 heterocycles. The topological polar surface area (TPSA) is 103 Å². The molecule has 1 aliphatic heterocycles. The second kappa shape index (κ2) is 11.7. The molecule has 1 atom stereocenters. The summed E-state index contributed by atoms with van der Waals surface area (Å²) in [5.74, 6) is 1.14. The molecule has 2 rings (SSSR count). The largest absolute Gasteiger partial charge is 0.350 e. The number of rotatable bonds is 11. The highest BCUT2D eigenvalue weighted by Gasteiger charge is 2.28. The molecule has 8 heteroatoms. The van der Waals surface area contributed by atoms with Crippen LogP contribution in [0.2, 0.25) is 0 Å². The van der Waals surface area contributed by atoms with Crippen LogP contribution in [0.5, 0.6) is 0 Å². The fourth-order valence-electron chi connectivity index (χ4n) is 4.63. The number of quaternary nitrogens is 1. The van der Waals surface area contributed by atoms with Crippen molar-refractivity contribution in [3.8, 4) is 0 Å². The molecule has 0 radical (unpaired) electrons. The summed E-state index contributed by atoms with van der Waals surface area (Å²) in [4.78, 5) is 24.2. The number of allylic oxidation sites excluding steroid dienone is 1. The van der Waals surface area contributed by atoms with Crippen LogP contribution >= 0.6 is 0 Å². The van der Waals surface area contributed by atoms with Crippen molar-refractivity contribution in [1.29, 1.82) is 0 Å². The summed E-state index contributed by atoms with van der Waals surface area (Å²) >= 11 is 0. The van der Waals surface area contributed by atoms with Crippen molar-refractivity contribution >= 4 is 12.4 Å². The van der Waals surface area contributed by atoms with E-state index in [1.54, 1.807) is 0 Å². The molecule has 1 aromatic heterocycles. The first-order valence-electron chi connectivity index (χ1n) is 12.3. The summed E-state index contributed by atoms with van der Waals surface area (Å²) in [6.45, 7) is 23.5. The van der Waals surface area contributed by atoms with Gasteiger partial charge in [-0.1, -0.05) is 39.5 Å². The Morgan fingerprint density at radius 2 is 1.64 bits per heavy atom. The first-order chi connectivity index (χ1) is 15.7. The van der Waals surface area contributed by atoms with Crippen LogP contribution in [0.3, 0.4) is 0 Å². The quantitative estimate of drug-likeness (QED) is 0.481. The van der Waals surface area contributed by atoms with E-state index in [1.165, 1.54) is 4.57 Å². The minimum absolute atomic E-state index is 0.303. The van der Waals surface area contributed by atoms with Gasteiger partial charge >= 0.3 is 5.69 Å². The van der Waals surface area contributed by atoms with E-state index in [4.69, 9.17) is 16.5 Å². The fourth-order valence-corrected chi connectivity index (χ4v) is 4.63. The monoisotopic (exact) mass is 458 g/mol. The van der Waals surface area contributed by atoms with Crippen LogP contribution in [-0.2, 0) is 6.54 Å². The molecule has 0 saturated heterocycles. The summed E-state index contributed by atoms with van der Waals surface area (Å²) in [6.07, 6.45) is 4.44. The summed E-state index contributed by atoms with van der Waals surface area (Å²) < 4.78 is 2.56. The van der Waals surface area contributed by atoms with Crippen LogP contribution < -0.4 is 32.8 Å². The SMILES string of the molecule is C=c1c2c(nc(=O)n1CCN)N(CCN)C(=C/C(C)C[N+](CC)(CC)CC)/C(=C\C(C)C)N=2. The molecule has 4 N–H and O–H groups in total. The van der Waals surface area contributed by atoms with E-state index < -0.39 is 0 Å². The van der Waals surface area contributed by atoms with Gasteiger partial charge in [-0.3, -0.25) is 4.57 Å². The zero-order valence-electron chi connectivity index (χ0n) is 21.5. The second-order valence-electron chi connectivity index (χ2n) is 9.30. The molecule has 0 aromatic carbocycles. The number of nitrogens with zero attached hydrogens (tertiary/aromatic N) is 5. The van der Waals surface area contributed by atoms with E-state index >= 15 is 0 Å². The number of aromatic nitrogens is 2. The maximum atomic E-state index is 12.8. The van der Waals surface area contributed by atoms with Crippen molar-refractivity contribution in [2.24, 2.45) is 28.3 Å². The van der Waals surface area contributed by atoms with E-state index in [-0.39, 0.29) is 5.69 Å². The Balaban J connectivity index is 2.73. The smallest absolute Gasteiger partial charge is 0.329 e. The maximum absolute atomic E-state index is 12.8. The van der Waals surface area contributed by atoms with Gasteiger partial charge in [-0.15, -0.1) is 0 Å². The first kappa shape index (κ1) is 27.0. The van der Waals surface area contributed by atoms with Gasteiger partial charge in [0.25, 0.3) is 0 Å². The molecule has 184 valence electrons. The van der Waals surface area contributed by atoms with Crippen LogP contribution in [0.25, 0.3) is 6.58 Å². The van der Waals surface area contributed by atoms with Gasteiger partial charge in [0.1, 0.15) is 5.36 Å². The zero-order chi connectivity index (χ0) is 24.8. The highest BCUT2D eigenvalue weighted by Crippen LogP contribution is 2.27. The van der Waals surface area contributed by atoms with Crippen LogP contribution in [0.4, 0.5) is 5.82 Å². The molecule has 1 aliphatic rings. The summed E-state index contributed by atoms with van der Waals surface area (Å²) in [5, 5.41) is 1.16. The van der Waals surface area contributed by atoms with Gasteiger partial charge in [0, 0.05) is 32.1 Å². The van der Waals surface area contributed by atoms with Crippen molar-refractivity contribution in [1.82, 2.24) is 9.55 Å². The Morgan fingerprint density at radius 1 is 1.03 bits per heavy atom. The third-order valence-corrected chi connectivity index (χ3v) is 6.61. The molecular weight excluding hydrogens is 414 g/mol. The van der Waals surface area contributed by atoms with E-state index in [0.717, 1.165) is 42.1 Å². The number of anilines is 1. The fraction of sp³-hybridized carbons (Fsp3) is 0.640. The summed E-state index contributed by atoms with van der Waals surface area (Å²) in [6, 6.07) is 0. The third-order valence-electron chi connectivity index (χ3n) is 6.61. The molecule has 8 nitrogen and oxygen atoms in total. The van der Waals surface area contributed by atoms with Crippen molar-refractivity contribution in [3.05, 3.63) is 44.7 Å². The lowest BCUT2D eigenvalue weighted by molar-refractivity contribution is -0.925. The lowest BCUT2D eigenvalue weighted by atomic mass is 10.0. The van der Waals surface area contributed by atoms with E-state index in [2.05, 4.69) is 70.2 Å². The molecule has 0 spiro atoms. The molecule has 1 unspecified atom stereocenters. The van der Waals surface area contributed by atoms with E-state index in [0.29, 0.717) is 54.5 Å². The normalized spacial score (nSPS) is 17.5. The number of hydrogen-bond acceptors (Lipinski definition) is 6. The minimum atomic E-state index is -0.358. The highest BCUT2D eigenvalue weighted by atomic mass is 16.1. The van der Waals surface area contributed by atoms with Crippen molar-refractivity contribution in [3.63, 3.8) is 0 Å². The lowest BCUT2D eigenvalue weighted by Crippen LogP contribution is -2.51. The Bertz CT molecular complexity index is 1030. The summed E-state index contributed by atoms with van der Waals surface area (Å²) in [5.41, 5.74) is 13.2. The molecule has 33 heavy (non-hydrogen) atoms. The molecule has 0 saturated carbocycles. The maximum Gasteiger partial charge on any atom is 0.350 e. The predicted molar refractivity (Wildman–Crippen MR) is 137 cm³/mol. The van der Waals surface area contributed by atoms with Gasteiger partial charge in [0.05, 0.1) is 42.9 Å². The van der Waals surface area contributed by atoms with Crippen LogP contribution in [0.1, 0.15) is 41.5 Å². The molecule has 1 aromatic rings. The van der Waals surface area contributed by atoms with Gasteiger partial charge in [-0.25, -0.2) is 9.79 Å². The van der Waals surface area contributed by atoms with Crippen molar-refractivity contribution < 1.29 is 4.48 Å². The average Bonchev–Trinajstić information content (AvgIpc) is 2.77. The molecule has 0 amide bonds. The third kappa shape index (κ3) is 5.99. The standard InChI is InChI=1S/C25H44N7O/c1-8-32(9-2,10-3)17-19(6)16-22-21(15-18(4)5)28-23-20(7)30(13-11-26)25(33)29-24(23)31(22)14-12-27/h15-16,18-19H,7-14,17,26-27H2,1-6H3/q+1/b21-15+,22-16+. The highest BCUT2D eigenvalue weighted by molar-refractivity contribution is 5.56. The number of nitrogens with two attached hydrogens (primary N) is 2.